The fraction of sp³-hybridized carbons (Fsp3) is 0.875. The topological polar surface area (TPSA) is 26.3 Å². The van der Waals surface area contributed by atoms with Crippen LogP contribution in [0, 0.1) is 11.8 Å². The summed E-state index contributed by atoms with van der Waals surface area (Å²) in [5.74, 6) is 1.09. The van der Waals surface area contributed by atoms with E-state index >= 15 is 0 Å². The number of carbonyl (C=O) groups is 1. The van der Waals surface area contributed by atoms with Crippen molar-refractivity contribution < 1.29 is 9.53 Å². The molecule has 0 bridgehead atoms. The van der Waals surface area contributed by atoms with Gasteiger partial charge in [-0.2, -0.15) is 0 Å². The lowest BCUT2D eigenvalue weighted by atomic mass is 9.95. The van der Waals surface area contributed by atoms with Crippen LogP contribution in [0.4, 0.5) is 0 Å². The molecule has 1 fully saturated rings. The van der Waals surface area contributed by atoms with Gasteiger partial charge in [0.1, 0.15) is 5.78 Å². The molecule has 0 unspecified atom stereocenters. The van der Waals surface area contributed by atoms with Crippen molar-refractivity contribution in [2.75, 3.05) is 13.2 Å². The predicted molar refractivity (Wildman–Crippen MR) is 38.8 cm³/mol. The Bertz CT molecular complexity index is 125. The molecule has 0 aliphatic carbocycles. The minimum absolute atomic E-state index is 0.195. The molecule has 0 radical (unpaired) electrons. The summed E-state index contributed by atoms with van der Waals surface area (Å²) in [5, 5.41) is 0. The molecule has 0 aromatic rings. The van der Waals surface area contributed by atoms with Crippen LogP contribution in [0.25, 0.3) is 0 Å². The highest BCUT2D eigenvalue weighted by atomic mass is 16.5. The summed E-state index contributed by atoms with van der Waals surface area (Å²) in [5.41, 5.74) is 0. The van der Waals surface area contributed by atoms with Crippen LogP contribution in [0.5, 0.6) is 0 Å². The van der Waals surface area contributed by atoms with E-state index in [0.717, 1.165) is 19.6 Å². The smallest absolute Gasteiger partial charge is 0.135 e. The Balaban J connectivity index is 2.17. The van der Waals surface area contributed by atoms with Crippen molar-refractivity contribution >= 4 is 5.78 Å². The first-order valence-electron chi connectivity index (χ1n) is 3.80. The second-order valence-corrected chi connectivity index (χ2v) is 3.23. The monoisotopic (exact) mass is 142 g/mol. The van der Waals surface area contributed by atoms with Crippen LogP contribution < -0.4 is 0 Å². The first-order chi connectivity index (χ1) is 4.70. The van der Waals surface area contributed by atoms with E-state index in [-0.39, 0.29) is 5.92 Å². The molecule has 1 heterocycles. The maximum absolute atomic E-state index is 11.1. The van der Waals surface area contributed by atoms with E-state index in [2.05, 4.69) is 0 Å². The lowest BCUT2D eigenvalue weighted by molar-refractivity contribution is -0.127. The molecule has 0 saturated carbocycles. The summed E-state index contributed by atoms with van der Waals surface area (Å²) in [6.07, 6.45) is 0.720. The molecule has 58 valence electrons. The molecular formula is C8H14O2. The fourth-order valence-electron chi connectivity index (χ4n) is 0.923. The summed E-state index contributed by atoms with van der Waals surface area (Å²) in [7, 11) is 0. The maximum Gasteiger partial charge on any atom is 0.135 e. The molecule has 0 amide bonds. The first kappa shape index (κ1) is 7.73. The Kier molecular flexibility index (Phi) is 2.44. The van der Waals surface area contributed by atoms with E-state index in [1.807, 2.05) is 13.8 Å². The highest BCUT2D eigenvalue weighted by Gasteiger charge is 2.22. The largest absolute Gasteiger partial charge is 0.381 e. The molecule has 2 heteroatoms. The molecule has 1 aliphatic rings. The van der Waals surface area contributed by atoms with Gasteiger partial charge >= 0.3 is 0 Å². The van der Waals surface area contributed by atoms with Crippen LogP contribution in [0.15, 0.2) is 0 Å². The minimum Gasteiger partial charge on any atom is -0.381 e. The van der Waals surface area contributed by atoms with Crippen molar-refractivity contribution in [3.63, 3.8) is 0 Å². The van der Waals surface area contributed by atoms with Crippen molar-refractivity contribution in [2.24, 2.45) is 11.8 Å². The number of hydrogen-bond donors (Lipinski definition) is 0. The molecular weight excluding hydrogens is 128 g/mol. The number of ketones is 1. The average Bonchev–Trinajstić information content (AvgIpc) is 1.77. The van der Waals surface area contributed by atoms with Crippen LogP contribution in [0.1, 0.15) is 20.3 Å². The van der Waals surface area contributed by atoms with Crippen molar-refractivity contribution in [2.45, 2.75) is 20.3 Å². The van der Waals surface area contributed by atoms with E-state index in [1.165, 1.54) is 0 Å². The van der Waals surface area contributed by atoms with Crippen molar-refractivity contribution in [3.05, 3.63) is 0 Å². The second kappa shape index (κ2) is 3.15. The molecule has 0 spiro atoms. The standard InChI is InChI=1S/C8H14O2/c1-6(2)8(9)3-7-4-10-5-7/h6-7H,3-5H2,1-2H3. The number of rotatable bonds is 3. The molecule has 0 atom stereocenters. The normalized spacial score (nSPS) is 19.1. The van der Waals surface area contributed by atoms with E-state index in [9.17, 15) is 4.79 Å². The van der Waals surface area contributed by atoms with Gasteiger partial charge in [0.2, 0.25) is 0 Å². The third-order valence-electron chi connectivity index (χ3n) is 1.84. The average molecular weight is 142 g/mol. The Morgan fingerprint density at radius 1 is 1.60 bits per heavy atom. The molecule has 0 N–H and O–H groups in total. The molecule has 1 aliphatic heterocycles. The lowest BCUT2D eigenvalue weighted by Gasteiger charge is -2.25. The zero-order valence-electron chi connectivity index (χ0n) is 6.59. The number of Topliss-reactive ketones (excluding diaryl/α,β-unsaturated/α-hetero) is 1. The molecule has 0 aromatic carbocycles. The van der Waals surface area contributed by atoms with Crippen molar-refractivity contribution in [1.29, 1.82) is 0 Å². The van der Waals surface area contributed by atoms with Crippen molar-refractivity contribution in [3.8, 4) is 0 Å². The number of hydrogen-bond acceptors (Lipinski definition) is 2. The van der Waals surface area contributed by atoms with Crippen LogP contribution in [-0.2, 0) is 9.53 Å². The van der Waals surface area contributed by atoms with E-state index in [4.69, 9.17) is 4.74 Å². The van der Waals surface area contributed by atoms with Gasteiger partial charge in [0.15, 0.2) is 0 Å². The van der Waals surface area contributed by atoms with E-state index in [1.54, 1.807) is 0 Å². The molecule has 1 rings (SSSR count). The van der Waals surface area contributed by atoms with Gasteiger partial charge in [-0.1, -0.05) is 13.8 Å². The summed E-state index contributed by atoms with van der Waals surface area (Å²) in [6, 6.07) is 0. The van der Waals surface area contributed by atoms with Crippen molar-refractivity contribution in [1.82, 2.24) is 0 Å². The Labute approximate surface area is 61.6 Å². The van der Waals surface area contributed by atoms with Gasteiger partial charge in [-0.3, -0.25) is 4.79 Å². The maximum atomic E-state index is 11.1. The molecule has 10 heavy (non-hydrogen) atoms. The second-order valence-electron chi connectivity index (χ2n) is 3.23. The van der Waals surface area contributed by atoms with Gasteiger partial charge in [0, 0.05) is 18.3 Å². The van der Waals surface area contributed by atoms with Crippen LogP contribution in [0.3, 0.4) is 0 Å². The zero-order chi connectivity index (χ0) is 7.56. The summed E-state index contributed by atoms with van der Waals surface area (Å²) >= 11 is 0. The zero-order valence-corrected chi connectivity index (χ0v) is 6.59. The Hall–Kier alpha value is -0.370. The van der Waals surface area contributed by atoms with E-state index < -0.39 is 0 Å². The van der Waals surface area contributed by atoms with Gasteiger partial charge in [-0.05, 0) is 0 Å². The predicted octanol–water partition coefficient (Wildman–Crippen LogP) is 1.25. The summed E-state index contributed by atoms with van der Waals surface area (Å²) < 4.78 is 4.96. The molecule has 0 aromatic heterocycles. The van der Waals surface area contributed by atoms with Gasteiger partial charge < -0.3 is 4.74 Å². The van der Waals surface area contributed by atoms with Gasteiger partial charge in [0.25, 0.3) is 0 Å². The lowest BCUT2D eigenvalue weighted by Crippen LogP contribution is -2.30. The van der Waals surface area contributed by atoms with Gasteiger partial charge in [0.05, 0.1) is 13.2 Å². The van der Waals surface area contributed by atoms with E-state index in [0.29, 0.717) is 11.7 Å². The highest BCUT2D eigenvalue weighted by molar-refractivity contribution is 5.80. The van der Waals surface area contributed by atoms with Crippen LogP contribution in [-0.4, -0.2) is 19.0 Å². The summed E-state index contributed by atoms with van der Waals surface area (Å²) in [6.45, 7) is 5.47. The first-order valence-corrected chi connectivity index (χ1v) is 3.80. The minimum atomic E-state index is 0.195. The van der Waals surface area contributed by atoms with Crippen LogP contribution in [0.2, 0.25) is 0 Å². The molecule has 2 nitrogen and oxygen atoms in total. The van der Waals surface area contributed by atoms with Crippen LogP contribution >= 0.6 is 0 Å². The third-order valence-corrected chi connectivity index (χ3v) is 1.84. The van der Waals surface area contributed by atoms with Gasteiger partial charge in [-0.15, -0.1) is 0 Å². The summed E-state index contributed by atoms with van der Waals surface area (Å²) in [4.78, 5) is 11.1. The number of ether oxygens (including phenoxy) is 1. The number of carbonyl (C=O) groups excluding carboxylic acids is 1. The third kappa shape index (κ3) is 1.81. The highest BCUT2D eigenvalue weighted by Crippen LogP contribution is 2.16. The molecule has 1 saturated heterocycles. The fourth-order valence-corrected chi connectivity index (χ4v) is 0.923. The SMILES string of the molecule is CC(C)C(=O)CC1COC1. The van der Waals surface area contributed by atoms with Gasteiger partial charge in [-0.25, -0.2) is 0 Å². The Morgan fingerprint density at radius 3 is 2.50 bits per heavy atom. The Morgan fingerprint density at radius 2 is 2.20 bits per heavy atom. The quantitative estimate of drug-likeness (QED) is 0.592.